The van der Waals surface area contributed by atoms with Crippen molar-refractivity contribution in [2.75, 3.05) is 12.4 Å². The van der Waals surface area contributed by atoms with Gasteiger partial charge in [-0.25, -0.2) is 9.97 Å². The van der Waals surface area contributed by atoms with Gasteiger partial charge < -0.3 is 5.32 Å². The number of nitrogens with zero attached hydrogens (tertiary/aromatic N) is 3. The Morgan fingerprint density at radius 2 is 2.31 bits per heavy atom. The number of aromatic amines is 1. The van der Waals surface area contributed by atoms with Crippen molar-refractivity contribution in [1.29, 1.82) is 0 Å². The fourth-order valence-corrected chi connectivity index (χ4v) is 1.29. The van der Waals surface area contributed by atoms with Gasteiger partial charge in [0.15, 0.2) is 5.65 Å². The molecule has 0 spiro atoms. The highest BCUT2D eigenvalue weighted by molar-refractivity contribution is 5.85. The van der Waals surface area contributed by atoms with Gasteiger partial charge in [-0.3, -0.25) is 14.6 Å². The van der Waals surface area contributed by atoms with E-state index in [0.717, 1.165) is 0 Å². The van der Waals surface area contributed by atoms with E-state index in [1.807, 2.05) is 0 Å². The molecule has 2 aromatic rings. The van der Waals surface area contributed by atoms with Crippen LogP contribution in [0.4, 0.5) is 5.82 Å². The van der Waals surface area contributed by atoms with Gasteiger partial charge in [0, 0.05) is 14.1 Å². The molecule has 0 atom stereocenters. The molecule has 6 nitrogen and oxygen atoms in total. The molecule has 0 saturated carbocycles. The number of hydrogen-bond acceptors (Lipinski definition) is 4. The van der Waals surface area contributed by atoms with Crippen LogP contribution >= 0.6 is 0 Å². The molecule has 6 heteroatoms. The second-order valence-electron chi connectivity index (χ2n) is 2.67. The van der Waals surface area contributed by atoms with Crippen LogP contribution in [-0.2, 0) is 7.05 Å². The first-order valence-electron chi connectivity index (χ1n) is 3.81. The Hall–Kier alpha value is -1.85. The molecule has 0 aliphatic heterocycles. The number of anilines is 1. The van der Waals surface area contributed by atoms with E-state index in [4.69, 9.17) is 0 Å². The maximum absolute atomic E-state index is 11.4. The molecule has 13 heavy (non-hydrogen) atoms. The summed E-state index contributed by atoms with van der Waals surface area (Å²) in [6.45, 7) is 0. The molecule has 0 aliphatic rings. The van der Waals surface area contributed by atoms with Crippen LogP contribution in [0.25, 0.3) is 11.0 Å². The third-order valence-electron chi connectivity index (χ3n) is 1.88. The fourth-order valence-electron chi connectivity index (χ4n) is 1.29. The highest BCUT2D eigenvalue weighted by atomic mass is 16.1. The Kier molecular flexibility index (Phi) is 1.54. The van der Waals surface area contributed by atoms with Crippen molar-refractivity contribution in [3.8, 4) is 0 Å². The standard InChI is InChI=1S/C7H9N5O/c1-8-5-4-6(10-3-9-5)12(2)11-7(4)13/h3H,1-2H3,(H,11,13)(H,8,9,10). The van der Waals surface area contributed by atoms with Crippen LogP contribution in [0.15, 0.2) is 11.1 Å². The quantitative estimate of drug-likeness (QED) is 0.630. The molecule has 2 rings (SSSR count). The molecular weight excluding hydrogens is 170 g/mol. The van der Waals surface area contributed by atoms with Crippen LogP contribution in [0.5, 0.6) is 0 Å². The molecule has 0 fully saturated rings. The van der Waals surface area contributed by atoms with Crippen molar-refractivity contribution >= 4 is 16.9 Å². The Balaban J connectivity index is 2.97. The molecule has 2 heterocycles. The van der Waals surface area contributed by atoms with E-state index < -0.39 is 0 Å². The van der Waals surface area contributed by atoms with E-state index in [2.05, 4.69) is 20.4 Å². The molecule has 0 aromatic carbocycles. The summed E-state index contributed by atoms with van der Waals surface area (Å²) in [6.07, 6.45) is 1.42. The third-order valence-corrected chi connectivity index (χ3v) is 1.88. The van der Waals surface area contributed by atoms with Gasteiger partial charge in [0.2, 0.25) is 0 Å². The van der Waals surface area contributed by atoms with Crippen LogP contribution in [0.1, 0.15) is 0 Å². The van der Waals surface area contributed by atoms with Crippen LogP contribution in [0.3, 0.4) is 0 Å². The second-order valence-corrected chi connectivity index (χ2v) is 2.67. The van der Waals surface area contributed by atoms with Gasteiger partial charge in [-0.05, 0) is 0 Å². The minimum atomic E-state index is -0.178. The molecule has 0 unspecified atom stereocenters. The Morgan fingerprint density at radius 3 is 3.00 bits per heavy atom. The maximum atomic E-state index is 11.4. The van der Waals surface area contributed by atoms with Crippen LogP contribution in [0, 0.1) is 0 Å². The highest BCUT2D eigenvalue weighted by Crippen LogP contribution is 2.12. The van der Waals surface area contributed by atoms with Gasteiger partial charge in [0.05, 0.1) is 0 Å². The van der Waals surface area contributed by atoms with Crippen molar-refractivity contribution in [1.82, 2.24) is 19.7 Å². The van der Waals surface area contributed by atoms with Crippen molar-refractivity contribution in [2.45, 2.75) is 0 Å². The molecule has 0 radical (unpaired) electrons. The first-order valence-corrected chi connectivity index (χ1v) is 3.81. The van der Waals surface area contributed by atoms with Gasteiger partial charge in [-0.1, -0.05) is 0 Å². The molecular formula is C7H9N5O. The number of aromatic nitrogens is 4. The summed E-state index contributed by atoms with van der Waals surface area (Å²) in [5.41, 5.74) is 0.423. The highest BCUT2D eigenvalue weighted by Gasteiger charge is 2.09. The summed E-state index contributed by atoms with van der Waals surface area (Å²) in [7, 11) is 3.45. The molecule has 2 N–H and O–H groups in total. The van der Waals surface area contributed by atoms with Crippen molar-refractivity contribution in [3.05, 3.63) is 16.7 Å². The number of nitrogens with one attached hydrogen (secondary N) is 2. The lowest BCUT2D eigenvalue weighted by Gasteiger charge is -1.98. The molecule has 0 amide bonds. The van der Waals surface area contributed by atoms with E-state index in [0.29, 0.717) is 16.9 Å². The van der Waals surface area contributed by atoms with E-state index in [-0.39, 0.29) is 5.56 Å². The van der Waals surface area contributed by atoms with E-state index in [1.54, 1.807) is 18.8 Å². The normalized spacial score (nSPS) is 10.6. The zero-order valence-electron chi connectivity index (χ0n) is 7.33. The lowest BCUT2D eigenvalue weighted by molar-refractivity contribution is 0.773. The lowest BCUT2D eigenvalue weighted by atomic mass is 10.4. The smallest absolute Gasteiger partial charge is 0.277 e. The van der Waals surface area contributed by atoms with Crippen molar-refractivity contribution in [3.63, 3.8) is 0 Å². The molecule has 0 saturated heterocycles. The van der Waals surface area contributed by atoms with Crippen molar-refractivity contribution in [2.24, 2.45) is 7.05 Å². The largest absolute Gasteiger partial charge is 0.372 e. The van der Waals surface area contributed by atoms with Crippen LogP contribution in [0.2, 0.25) is 0 Å². The summed E-state index contributed by atoms with van der Waals surface area (Å²) < 4.78 is 1.57. The average Bonchev–Trinajstić information content (AvgIpc) is 2.43. The van der Waals surface area contributed by atoms with Gasteiger partial charge in [0.25, 0.3) is 5.56 Å². The maximum Gasteiger partial charge on any atom is 0.277 e. The Morgan fingerprint density at radius 1 is 1.54 bits per heavy atom. The van der Waals surface area contributed by atoms with E-state index in [9.17, 15) is 4.79 Å². The Bertz CT molecular complexity index is 497. The number of aryl methyl sites for hydroxylation is 1. The monoisotopic (exact) mass is 179 g/mol. The summed E-state index contributed by atoms with van der Waals surface area (Å²) in [4.78, 5) is 19.3. The van der Waals surface area contributed by atoms with E-state index >= 15 is 0 Å². The first-order chi connectivity index (χ1) is 6.24. The zero-order valence-corrected chi connectivity index (χ0v) is 7.33. The third kappa shape index (κ3) is 0.986. The summed E-state index contributed by atoms with van der Waals surface area (Å²) in [5.74, 6) is 0.548. The number of fused-ring (bicyclic) bond motifs is 1. The summed E-state index contributed by atoms with van der Waals surface area (Å²) in [5, 5.41) is 5.94. The number of hydrogen-bond donors (Lipinski definition) is 2. The average molecular weight is 179 g/mol. The van der Waals surface area contributed by atoms with Gasteiger partial charge in [-0.15, -0.1) is 0 Å². The van der Waals surface area contributed by atoms with Crippen LogP contribution in [-0.4, -0.2) is 26.8 Å². The van der Waals surface area contributed by atoms with Gasteiger partial charge in [0.1, 0.15) is 17.5 Å². The first kappa shape index (κ1) is 7.78. The number of H-pyrrole nitrogens is 1. The second kappa shape index (κ2) is 2.58. The lowest BCUT2D eigenvalue weighted by Crippen LogP contribution is -2.03. The van der Waals surface area contributed by atoms with Crippen molar-refractivity contribution < 1.29 is 0 Å². The molecule has 2 aromatic heterocycles. The molecule has 0 bridgehead atoms. The predicted octanol–water partition coefficient (Wildman–Crippen LogP) is -0.302. The SMILES string of the molecule is CNc1ncnc2c1c(=O)[nH]n2C. The van der Waals surface area contributed by atoms with E-state index in [1.165, 1.54) is 6.33 Å². The topological polar surface area (TPSA) is 75.6 Å². The minimum Gasteiger partial charge on any atom is -0.372 e. The predicted molar refractivity (Wildman–Crippen MR) is 48.7 cm³/mol. The van der Waals surface area contributed by atoms with Crippen LogP contribution < -0.4 is 10.9 Å². The zero-order chi connectivity index (χ0) is 9.42. The summed E-state index contributed by atoms with van der Waals surface area (Å²) >= 11 is 0. The van der Waals surface area contributed by atoms with Gasteiger partial charge >= 0.3 is 0 Å². The summed E-state index contributed by atoms with van der Waals surface area (Å²) in [6, 6.07) is 0. The minimum absolute atomic E-state index is 0.178. The Labute approximate surface area is 73.6 Å². The number of rotatable bonds is 1. The molecule has 68 valence electrons. The fraction of sp³-hybridized carbons (Fsp3) is 0.286. The van der Waals surface area contributed by atoms with Gasteiger partial charge in [-0.2, -0.15) is 0 Å². The molecule has 0 aliphatic carbocycles.